The third-order valence-electron chi connectivity index (χ3n) is 2.75. The molecule has 0 bridgehead atoms. The Labute approximate surface area is 112 Å². The van der Waals surface area contributed by atoms with Crippen molar-refractivity contribution in [1.82, 2.24) is 5.32 Å². The van der Waals surface area contributed by atoms with E-state index in [1.54, 1.807) is 31.2 Å². The summed E-state index contributed by atoms with van der Waals surface area (Å²) in [4.78, 5) is 11.6. The Bertz CT molecular complexity index is 388. The smallest absolute Gasteiger partial charge is 0.258 e. The quantitative estimate of drug-likeness (QED) is 0.832. The van der Waals surface area contributed by atoms with Gasteiger partial charge in [-0.2, -0.15) is 0 Å². The molecule has 4 nitrogen and oxygen atoms in total. The molecule has 1 rings (SSSR count). The average molecular weight is 272 g/mol. The molecule has 1 unspecified atom stereocenters. The molecule has 0 radical (unpaired) electrons. The van der Waals surface area contributed by atoms with Crippen LogP contribution in [0.2, 0.25) is 5.02 Å². The molecular formula is C13H18ClNO3. The summed E-state index contributed by atoms with van der Waals surface area (Å²) in [5, 5.41) is 12.5. The van der Waals surface area contributed by atoms with Gasteiger partial charge in [-0.05, 0) is 37.6 Å². The molecule has 0 aliphatic rings. The van der Waals surface area contributed by atoms with E-state index in [-0.39, 0.29) is 19.1 Å². The fraction of sp³-hybridized carbons (Fsp3) is 0.462. The molecule has 0 heterocycles. The highest BCUT2D eigenvalue weighted by molar-refractivity contribution is 6.30. The van der Waals surface area contributed by atoms with E-state index in [1.165, 1.54) is 0 Å². The molecule has 0 spiro atoms. The zero-order valence-electron chi connectivity index (χ0n) is 10.6. The van der Waals surface area contributed by atoms with E-state index in [9.17, 15) is 9.90 Å². The van der Waals surface area contributed by atoms with Crippen LogP contribution in [0.25, 0.3) is 0 Å². The molecular weight excluding hydrogens is 254 g/mol. The van der Waals surface area contributed by atoms with Crippen molar-refractivity contribution in [2.45, 2.75) is 25.8 Å². The van der Waals surface area contributed by atoms with Gasteiger partial charge >= 0.3 is 0 Å². The SMILES string of the molecule is CCC(C)(CO)NC(=O)COc1ccc(Cl)cc1. The van der Waals surface area contributed by atoms with Gasteiger partial charge in [0.2, 0.25) is 0 Å². The van der Waals surface area contributed by atoms with Gasteiger partial charge in [0, 0.05) is 5.02 Å². The highest BCUT2D eigenvalue weighted by Gasteiger charge is 2.23. The Morgan fingerprint density at radius 1 is 1.44 bits per heavy atom. The van der Waals surface area contributed by atoms with Crippen molar-refractivity contribution in [1.29, 1.82) is 0 Å². The van der Waals surface area contributed by atoms with Gasteiger partial charge in [0.15, 0.2) is 6.61 Å². The second-order valence-corrected chi connectivity index (χ2v) is 4.80. The number of benzene rings is 1. The number of nitrogens with one attached hydrogen (secondary N) is 1. The molecule has 0 saturated carbocycles. The highest BCUT2D eigenvalue weighted by atomic mass is 35.5. The first kappa shape index (κ1) is 14.8. The van der Waals surface area contributed by atoms with Crippen molar-refractivity contribution in [2.24, 2.45) is 0 Å². The van der Waals surface area contributed by atoms with E-state index in [2.05, 4.69) is 5.32 Å². The van der Waals surface area contributed by atoms with E-state index in [4.69, 9.17) is 16.3 Å². The highest BCUT2D eigenvalue weighted by Crippen LogP contribution is 2.15. The molecule has 0 fully saturated rings. The number of hydrogen-bond acceptors (Lipinski definition) is 3. The average Bonchev–Trinajstić information content (AvgIpc) is 2.38. The number of aliphatic hydroxyl groups is 1. The monoisotopic (exact) mass is 271 g/mol. The van der Waals surface area contributed by atoms with Crippen LogP contribution >= 0.6 is 11.6 Å². The third kappa shape index (κ3) is 4.55. The summed E-state index contributed by atoms with van der Waals surface area (Å²) in [6, 6.07) is 6.78. The number of halogens is 1. The molecule has 0 aliphatic heterocycles. The van der Waals surface area contributed by atoms with Crippen LogP contribution in [0.1, 0.15) is 20.3 Å². The fourth-order valence-corrected chi connectivity index (χ4v) is 1.42. The largest absolute Gasteiger partial charge is 0.484 e. The summed E-state index contributed by atoms with van der Waals surface area (Å²) in [5.41, 5.74) is -0.597. The van der Waals surface area contributed by atoms with Gasteiger partial charge in [-0.1, -0.05) is 18.5 Å². The van der Waals surface area contributed by atoms with E-state index in [0.29, 0.717) is 17.2 Å². The van der Waals surface area contributed by atoms with Gasteiger partial charge in [-0.25, -0.2) is 0 Å². The normalized spacial score (nSPS) is 13.8. The molecule has 18 heavy (non-hydrogen) atoms. The van der Waals surface area contributed by atoms with Gasteiger partial charge in [-0.15, -0.1) is 0 Å². The zero-order chi connectivity index (χ0) is 13.6. The summed E-state index contributed by atoms with van der Waals surface area (Å²) in [6.45, 7) is 3.50. The third-order valence-corrected chi connectivity index (χ3v) is 3.01. The molecule has 1 atom stereocenters. The van der Waals surface area contributed by atoms with Crippen LogP contribution in [0.15, 0.2) is 24.3 Å². The van der Waals surface area contributed by atoms with E-state index >= 15 is 0 Å². The van der Waals surface area contributed by atoms with Crippen LogP contribution in [-0.2, 0) is 4.79 Å². The minimum atomic E-state index is -0.597. The predicted molar refractivity (Wildman–Crippen MR) is 70.9 cm³/mol. The summed E-state index contributed by atoms with van der Waals surface area (Å²) in [6.07, 6.45) is 0.649. The van der Waals surface area contributed by atoms with Crippen LogP contribution in [0.4, 0.5) is 0 Å². The Morgan fingerprint density at radius 3 is 2.56 bits per heavy atom. The zero-order valence-corrected chi connectivity index (χ0v) is 11.3. The second kappa shape index (κ2) is 6.61. The van der Waals surface area contributed by atoms with Crippen LogP contribution < -0.4 is 10.1 Å². The maximum Gasteiger partial charge on any atom is 0.258 e. The van der Waals surface area contributed by atoms with Crippen molar-refractivity contribution in [3.05, 3.63) is 29.3 Å². The number of aliphatic hydroxyl groups excluding tert-OH is 1. The lowest BCUT2D eigenvalue weighted by Crippen LogP contribution is -2.49. The van der Waals surface area contributed by atoms with Gasteiger partial charge in [-0.3, -0.25) is 4.79 Å². The summed E-state index contributed by atoms with van der Waals surface area (Å²) < 4.78 is 5.31. The molecule has 1 amide bonds. The maximum absolute atomic E-state index is 11.6. The van der Waals surface area contributed by atoms with E-state index in [1.807, 2.05) is 6.92 Å². The van der Waals surface area contributed by atoms with Crippen molar-refractivity contribution < 1.29 is 14.6 Å². The second-order valence-electron chi connectivity index (χ2n) is 4.36. The lowest BCUT2D eigenvalue weighted by Gasteiger charge is -2.27. The van der Waals surface area contributed by atoms with Crippen LogP contribution in [0, 0.1) is 0 Å². The summed E-state index contributed by atoms with van der Waals surface area (Å²) in [5.74, 6) is 0.320. The number of carbonyl (C=O) groups excluding carboxylic acids is 1. The van der Waals surface area contributed by atoms with Crippen molar-refractivity contribution >= 4 is 17.5 Å². The van der Waals surface area contributed by atoms with Crippen LogP contribution in [-0.4, -0.2) is 29.8 Å². The Balaban J connectivity index is 2.44. The number of carbonyl (C=O) groups is 1. The Hall–Kier alpha value is -1.26. The Morgan fingerprint density at radius 2 is 2.06 bits per heavy atom. The van der Waals surface area contributed by atoms with Crippen molar-refractivity contribution in [3.63, 3.8) is 0 Å². The lowest BCUT2D eigenvalue weighted by atomic mass is 10.0. The molecule has 0 saturated heterocycles. The maximum atomic E-state index is 11.6. The first-order valence-corrected chi connectivity index (χ1v) is 6.17. The molecule has 1 aromatic carbocycles. The molecule has 100 valence electrons. The van der Waals surface area contributed by atoms with Crippen molar-refractivity contribution in [3.8, 4) is 5.75 Å². The van der Waals surface area contributed by atoms with Crippen molar-refractivity contribution in [2.75, 3.05) is 13.2 Å². The number of amides is 1. The standard InChI is InChI=1S/C13H18ClNO3/c1-3-13(2,9-16)15-12(17)8-18-11-6-4-10(14)5-7-11/h4-7,16H,3,8-9H2,1-2H3,(H,15,17). The summed E-state index contributed by atoms with van der Waals surface area (Å²) >= 11 is 5.74. The summed E-state index contributed by atoms with van der Waals surface area (Å²) in [7, 11) is 0. The molecule has 1 aromatic rings. The van der Waals surface area contributed by atoms with E-state index < -0.39 is 5.54 Å². The molecule has 0 aromatic heterocycles. The number of hydrogen-bond donors (Lipinski definition) is 2. The first-order valence-electron chi connectivity index (χ1n) is 5.79. The molecule has 5 heteroatoms. The topological polar surface area (TPSA) is 58.6 Å². The molecule has 0 aliphatic carbocycles. The Kier molecular flexibility index (Phi) is 5.44. The minimum Gasteiger partial charge on any atom is -0.484 e. The fourth-order valence-electron chi connectivity index (χ4n) is 1.29. The predicted octanol–water partition coefficient (Wildman–Crippen LogP) is 2.00. The van der Waals surface area contributed by atoms with Crippen LogP contribution in [0.5, 0.6) is 5.75 Å². The van der Waals surface area contributed by atoms with Gasteiger partial charge < -0.3 is 15.2 Å². The van der Waals surface area contributed by atoms with E-state index in [0.717, 1.165) is 0 Å². The van der Waals surface area contributed by atoms with Gasteiger partial charge in [0.05, 0.1) is 12.1 Å². The number of ether oxygens (including phenoxy) is 1. The minimum absolute atomic E-state index is 0.0861. The number of rotatable bonds is 6. The first-order chi connectivity index (χ1) is 8.49. The molecule has 2 N–H and O–H groups in total. The van der Waals surface area contributed by atoms with Crippen LogP contribution in [0.3, 0.4) is 0 Å². The van der Waals surface area contributed by atoms with Gasteiger partial charge in [0.1, 0.15) is 5.75 Å². The lowest BCUT2D eigenvalue weighted by molar-refractivity contribution is -0.125. The van der Waals surface area contributed by atoms with Gasteiger partial charge in [0.25, 0.3) is 5.91 Å².